The smallest absolute Gasteiger partial charge is 0.225 e. The lowest BCUT2D eigenvalue weighted by Gasteiger charge is -2.29. The highest BCUT2D eigenvalue weighted by Gasteiger charge is 2.29. The minimum atomic E-state index is -0.214. The number of nitrogens with one attached hydrogen (secondary N) is 1. The second-order valence-corrected chi connectivity index (χ2v) is 9.67. The fourth-order valence-electron chi connectivity index (χ4n) is 4.20. The van der Waals surface area contributed by atoms with Crippen LogP contribution in [-0.4, -0.2) is 11.9 Å². The predicted molar refractivity (Wildman–Crippen MR) is 124 cm³/mol. The van der Waals surface area contributed by atoms with Gasteiger partial charge >= 0.3 is 0 Å². The lowest BCUT2D eigenvalue weighted by molar-refractivity contribution is -0.130. The number of hydrogen-bond acceptors (Lipinski definition) is 1. The Labute approximate surface area is 176 Å². The molecule has 1 rings (SSSR count). The molecule has 0 atom stereocenters. The maximum absolute atomic E-state index is 12.6. The van der Waals surface area contributed by atoms with Crippen molar-refractivity contribution in [3.8, 4) is 0 Å². The number of amides is 1. The molecule has 0 radical (unpaired) electrons. The van der Waals surface area contributed by atoms with E-state index in [1.807, 2.05) is 0 Å². The molecule has 164 valence electrons. The van der Waals surface area contributed by atoms with E-state index in [9.17, 15) is 4.79 Å². The molecule has 1 aliphatic rings. The third-order valence-electron chi connectivity index (χ3n) is 6.37. The van der Waals surface area contributed by atoms with Crippen molar-refractivity contribution in [2.45, 2.75) is 142 Å². The average Bonchev–Trinajstić information content (AvgIpc) is 2.69. The van der Waals surface area contributed by atoms with Gasteiger partial charge in [0.1, 0.15) is 0 Å². The standard InChI is InChI=1S/C26H49NO/c1-4-5-6-7-8-9-10-11-12-13-14-15-16-20-23-26(2,3)25(28)27-24-21-18-17-19-22-24/h11-12,24H,4-10,13-23H2,1-3H3,(H,27,28). The van der Waals surface area contributed by atoms with Crippen LogP contribution in [0.1, 0.15) is 136 Å². The Morgan fingerprint density at radius 3 is 1.96 bits per heavy atom. The van der Waals surface area contributed by atoms with Crippen LogP contribution in [0.4, 0.5) is 0 Å². The van der Waals surface area contributed by atoms with Gasteiger partial charge in [0.05, 0.1) is 0 Å². The number of unbranched alkanes of at least 4 members (excludes halogenated alkanes) is 10. The van der Waals surface area contributed by atoms with Crippen molar-refractivity contribution in [1.82, 2.24) is 5.32 Å². The van der Waals surface area contributed by atoms with E-state index in [0.717, 1.165) is 6.42 Å². The molecule has 2 heteroatoms. The van der Waals surface area contributed by atoms with Gasteiger partial charge in [0.2, 0.25) is 5.91 Å². The first kappa shape index (κ1) is 25.2. The Morgan fingerprint density at radius 1 is 0.821 bits per heavy atom. The van der Waals surface area contributed by atoms with Gasteiger partial charge in [-0.15, -0.1) is 0 Å². The van der Waals surface area contributed by atoms with Crippen LogP contribution < -0.4 is 5.32 Å². The molecule has 1 fully saturated rings. The van der Waals surface area contributed by atoms with Gasteiger partial charge in [0.15, 0.2) is 0 Å². The molecule has 0 aromatic rings. The molecule has 1 N–H and O–H groups in total. The van der Waals surface area contributed by atoms with E-state index in [1.54, 1.807) is 0 Å². The molecule has 0 spiro atoms. The second-order valence-electron chi connectivity index (χ2n) is 9.67. The molecule has 0 heterocycles. The zero-order valence-electron chi connectivity index (χ0n) is 19.4. The minimum absolute atomic E-state index is 0.214. The molecule has 0 aromatic carbocycles. The maximum Gasteiger partial charge on any atom is 0.225 e. The number of carbonyl (C=O) groups excluding carboxylic acids is 1. The van der Waals surface area contributed by atoms with Crippen LogP contribution in [0.5, 0.6) is 0 Å². The summed E-state index contributed by atoms with van der Waals surface area (Å²) in [6.45, 7) is 6.52. The molecular formula is C26H49NO. The van der Waals surface area contributed by atoms with Crippen molar-refractivity contribution in [3.05, 3.63) is 12.2 Å². The quantitative estimate of drug-likeness (QED) is 0.209. The minimum Gasteiger partial charge on any atom is -0.353 e. The molecular weight excluding hydrogens is 342 g/mol. The maximum atomic E-state index is 12.6. The first-order valence-electron chi connectivity index (χ1n) is 12.5. The van der Waals surface area contributed by atoms with Gasteiger partial charge < -0.3 is 5.32 Å². The molecule has 28 heavy (non-hydrogen) atoms. The molecule has 1 saturated carbocycles. The molecule has 0 aliphatic heterocycles. The van der Waals surface area contributed by atoms with Crippen molar-refractivity contribution in [2.24, 2.45) is 5.41 Å². The van der Waals surface area contributed by atoms with Crippen LogP contribution in [0.2, 0.25) is 0 Å². The lowest BCUT2D eigenvalue weighted by atomic mass is 9.84. The molecule has 1 amide bonds. The van der Waals surface area contributed by atoms with E-state index in [-0.39, 0.29) is 11.3 Å². The van der Waals surface area contributed by atoms with E-state index in [0.29, 0.717) is 6.04 Å². The number of allylic oxidation sites excluding steroid dienone is 2. The summed E-state index contributed by atoms with van der Waals surface area (Å²) < 4.78 is 0. The summed E-state index contributed by atoms with van der Waals surface area (Å²) in [6, 6.07) is 0.434. The van der Waals surface area contributed by atoms with E-state index in [4.69, 9.17) is 0 Å². The number of carbonyl (C=O) groups is 1. The van der Waals surface area contributed by atoms with E-state index in [1.165, 1.54) is 109 Å². The normalized spacial score (nSPS) is 16.0. The van der Waals surface area contributed by atoms with Gasteiger partial charge in [-0.1, -0.05) is 104 Å². The van der Waals surface area contributed by atoms with Gasteiger partial charge in [-0.3, -0.25) is 4.79 Å². The van der Waals surface area contributed by atoms with Crippen LogP contribution in [0.3, 0.4) is 0 Å². The van der Waals surface area contributed by atoms with Crippen molar-refractivity contribution in [3.63, 3.8) is 0 Å². The Balaban J connectivity index is 1.96. The van der Waals surface area contributed by atoms with Gasteiger partial charge in [0.25, 0.3) is 0 Å². The fraction of sp³-hybridized carbons (Fsp3) is 0.885. The van der Waals surface area contributed by atoms with Crippen LogP contribution in [-0.2, 0) is 4.79 Å². The summed E-state index contributed by atoms with van der Waals surface area (Å²) in [5.74, 6) is 0.275. The van der Waals surface area contributed by atoms with E-state index < -0.39 is 0 Å². The summed E-state index contributed by atoms with van der Waals surface area (Å²) in [4.78, 5) is 12.6. The van der Waals surface area contributed by atoms with Gasteiger partial charge in [-0.25, -0.2) is 0 Å². The zero-order chi connectivity index (χ0) is 20.5. The summed E-state index contributed by atoms with van der Waals surface area (Å²) in [5.41, 5.74) is -0.214. The summed E-state index contributed by atoms with van der Waals surface area (Å²) >= 11 is 0. The zero-order valence-corrected chi connectivity index (χ0v) is 19.4. The molecule has 2 nitrogen and oxygen atoms in total. The van der Waals surface area contributed by atoms with Crippen LogP contribution in [0.15, 0.2) is 12.2 Å². The summed E-state index contributed by atoms with van der Waals surface area (Å²) in [7, 11) is 0. The van der Waals surface area contributed by atoms with Gasteiger partial charge in [-0.05, 0) is 44.9 Å². The Bertz CT molecular complexity index is 407. The van der Waals surface area contributed by atoms with Crippen molar-refractivity contribution >= 4 is 5.91 Å². The van der Waals surface area contributed by atoms with Crippen LogP contribution in [0, 0.1) is 5.41 Å². The Hall–Kier alpha value is -0.790. The van der Waals surface area contributed by atoms with Crippen molar-refractivity contribution in [2.75, 3.05) is 0 Å². The molecule has 0 aromatic heterocycles. The van der Waals surface area contributed by atoms with E-state index >= 15 is 0 Å². The Kier molecular flexibility index (Phi) is 14.5. The highest BCUT2D eigenvalue weighted by atomic mass is 16.2. The van der Waals surface area contributed by atoms with Crippen LogP contribution >= 0.6 is 0 Å². The molecule has 1 aliphatic carbocycles. The molecule has 0 unspecified atom stereocenters. The third kappa shape index (κ3) is 12.6. The van der Waals surface area contributed by atoms with Crippen molar-refractivity contribution in [1.29, 1.82) is 0 Å². The second kappa shape index (κ2) is 16.1. The predicted octanol–water partition coefficient (Wildman–Crippen LogP) is 8.11. The first-order valence-corrected chi connectivity index (χ1v) is 12.5. The number of hydrogen-bond donors (Lipinski definition) is 1. The Morgan fingerprint density at radius 2 is 1.36 bits per heavy atom. The summed E-state index contributed by atoms with van der Waals surface area (Å²) in [6.07, 6.45) is 27.8. The number of rotatable bonds is 16. The van der Waals surface area contributed by atoms with Gasteiger partial charge in [0, 0.05) is 11.5 Å². The largest absolute Gasteiger partial charge is 0.353 e. The van der Waals surface area contributed by atoms with E-state index in [2.05, 4.69) is 38.2 Å². The third-order valence-corrected chi connectivity index (χ3v) is 6.37. The highest BCUT2D eigenvalue weighted by Crippen LogP contribution is 2.26. The van der Waals surface area contributed by atoms with Crippen molar-refractivity contribution < 1.29 is 4.79 Å². The highest BCUT2D eigenvalue weighted by molar-refractivity contribution is 5.82. The van der Waals surface area contributed by atoms with Crippen LogP contribution in [0.25, 0.3) is 0 Å². The molecule has 0 saturated heterocycles. The fourth-order valence-corrected chi connectivity index (χ4v) is 4.20. The SMILES string of the molecule is CCCCCCCCC=CCCCCCCC(C)(C)C(=O)NC1CCCCC1. The lowest BCUT2D eigenvalue weighted by Crippen LogP contribution is -2.43. The molecule has 0 bridgehead atoms. The summed E-state index contributed by atoms with van der Waals surface area (Å²) in [5, 5.41) is 3.31. The topological polar surface area (TPSA) is 29.1 Å². The monoisotopic (exact) mass is 391 g/mol. The average molecular weight is 392 g/mol. The first-order chi connectivity index (χ1) is 13.6. The van der Waals surface area contributed by atoms with Gasteiger partial charge in [-0.2, -0.15) is 0 Å².